The topological polar surface area (TPSA) is 32.3 Å². The van der Waals surface area contributed by atoms with Gasteiger partial charge in [0.05, 0.1) is 0 Å². The van der Waals surface area contributed by atoms with E-state index in [2.05, 4.69) is 11.9 Å². The number of rotatable bonds is 7. The van der Waals surface area contributed by atoms with Crippen molar-refractivity contribution in [1.82, 2.24) is 5.32 Å². The van der Waals surface area contributed by atoms with Crippen LogP contribution in [0.3, 0.4) is 0 Å². The summed E-state index contributed by atoms with van der Waals surface area (Å²) in [6, 6.07) is 0. The molecule has 2 N–H and O–H groups in total. The molecular weight excluding hydrogens is 164 g/mol. The van der Waals surface area contributed by atoms with Crippen LogP contribution < -0.4 is 5.32 Å². The fraction of sp³-hybridized carbons (Fsp3) is 0.750. The Kier molecular flexibility index (Phi) is 6.90. The van der Waals surface area contributed by atoms with Crippen molar-refractivity contribution in [3.05, 3.63) is 12.7 Å². The van der Waals surface area contributed by atoms with E-state index < -0.39 is 12.5 Å². The molecule has 0 saturated heterocycles. The van der Waals surface area contributed by atoms with Gasteiger partial charge in [0.15, 0.2) is 0 Å². The molecule has 0 aromatic carbocycles. The van der Waals surface area contributed by atoms with Crippen molar-refractivity contribution in [3.8, 4) is 0 Å². The lowest BCUT2D eigenvalue weighted by Gasteiger charge is -2.09. The molecule has 0 bridgehead atoms. The average Bonchev–Trinajstić information content (AvgIpc) is 2.03. The largest absolute Gasteiger partial charge is 0.386 e. The number of aliphatic hydroxyl groups excluding tert-OH is 1. The van der Waals surface area contributed by atoms with Crippen LogP contribution >= 0.6 is 0 Å². The van der Waals surface area contributed by atoms with Gasteiger partial charge in [0, 0.05) is 6.54 Å². The van der Waals surface area contributed by atoms with Crippen LogP contribution in [0.5, 0.6) is 0 Å². The Morgan fingerprint density at radius 1 is 1.50 bits per heavy atom. The molecule has 0 saturated carbocycles. The minimum Gasteiger partial charge on any atom is -0.386 e. The highest BCUT2D eigenvalue weighted by Crippen LogP contribution is 1.98. The van der Waals surface area contributed by atoms with E-state index in [1.165, 1.54) is 0 Å². The molecule has 0 amide bonds. The first-order chi connectivity index (χ1) is 5.68. The van der Waals surface area contributed by atoms with Crippen LogP contribution in [-0.4, -0.2) is 30.7 Å². The highest BCUT2D eigenvalue weighted by Gasteiger charge is 2.15. The standard InChI is InChI=1S/C8H15F2NO/c1-2-3-4-5-11-6-7(12)8(9)10/h2,7-8,11-12H,1,3-6H2. The number of hydrogen-bond donors (Lipinski definition) is 2. The van der Waals surface area contributed by atoms with Gasteiger partial charge in [0.25, 0.3) is 6.43 Å². The van der Waals surface area contributed by atoms with E-state index in [9.17, 15) is 8.78 Å². The van der Waals surface area contributed by atoms with Crippen LogP contribution in [-0.2, 0) is 0 Å². The summed E-state index contributed by atoms with van der Waals surface area (Å²) in [4.78, 5) is 0. The Morgan fingerprint density at radius 2 is 2.17 bits per heavy atom. The molecule has 1 unspecified atom stereocenters. The summed E-state index contributed by atoms with van der Waals surface area (Å²) < 4.78 is 23.4. The van der Waals surface area contributed by atoms with Gasteiger partial charge in [-0.05, 0) is 19.4 Å². The van der Waals surface area contributed by atoms with Crippen molar-refractivity contribution in [1.29, 1.82) is 0 Å². The third kappa shape index (κ3) is 6.24. The predicted molar refractivity (Wildman–Crippen MR) is 44.3 cm³/mol. The third-order valence-corrected chi connectivity index (χ3v) is 1.41. The molecule has 0 aromatic rings. The van der Waals surface area contributed by atoms with Crippen LogP contribution in [0.4, 0.5) is 8.78 Å². The van der Waals surface area contributed by atoms with Crippen molar-refractivity contribution in [2.45, 2.75) is 25.4 Å². The summed E-state index contributed by atoms with van der Waals surface area (Å²) in [7, 11) is 0. The quantitative estimate of drug-likeness (QED) is 0.454. The molecular formula is C8H15F2NO. The first-order valence-corrected chi connectivity index (χ1v) is 3.96. The molecule has 0 radical (unpaired) electrons. The second-order valence-electron chi connectivity index (χ2n) is 2.54. The lowest BCUT2D eigenvalue weighted by atomic mass is 10.3. The van der Waals surface area contributed by atoms with Gasteiger partial charge in [-0.3, -0.25) is 0 Å². The molecule has 0 heterocycles. The van der Waals surface area contributed by atoms with E-state index in [-0.39, 0.29) is 6.54 Å². The van der Waals surface area contributed by atoms with Gasteiger partial charge in [-0.2, -0.15) is 0 Å². The van der Waals surface area contributed by atoms with E-state index in [0.717, 1.165) is 12.8 Å². The highest BCUT2D eigenvalue weighted by molar-refractivity contribution is 4.67. The smallest absolute Gasteiger partial charge is 0.265 e. The molecule has 0 aromatic heterocycles. The second-order valence-corrected chi connectivity index (χ2v) is 2.54. The van der Waals surface area contributed by atoms with Crippen LogP contribution in [0.25, 0.3) is 0 Å². The molecule has 12 heavy (non-hydrogen) atoms. The van der Waals surface area contributed by atoms with E-state index >= 15 is 0 Å². The molecule has 72 valence electrons. The molecule has 0 spiro atoms. The maximum atomic E-state index is 11.7. The summed E-state index contributed by atoms with van der Waals surface area (Å²) in [6.07, 6.45) is -0.715. The number of alkyl halides is 2. The van der Waals surface area contributed by atoms with E-state index in [1.807, 2.05) is 0 Å². The maximum absolute atomic E-state index is 11.7. The van der Waals surface area contributed by atoms with Crippen molar-refractivity contribution in [3.63, 3.8) is 0 Å². The number of allylic oxidation sites excluding steroid dienone is 1. The average molecular weight is 179 g/mol. The summed E-state index contributed by atoms with van der Waals surface area (Å²) >= 11 is 0. The number of halogens is 2. The summed E-state index contributed by atoms with van der Waals surface area (Å²) in [5, 5.41) is 11.4. The van der Waals surface area contributed by atoms with Gasteiger partial charge in [-0.25, -0.2) is 8.78 Å². The Labute approximate surface area is 71.3 Å². The monoisotopic (exact) mass is 179 g/mol. The zero-order valence-electron chi connectivity index (χ0n) is 6.97. The fourth-order valence-electron chi connectivity index (χ4n) is 0.710. The number of hydrogen-bond acceptors (Lipinski definition) is 2. The Bertz CT molecular complexity index is 120. The maximum Gasteiger partial charge on any atom is 0.265 e. The number of nitrogens with one attached hydrogen (secondary N) is 1. The summed E-state index contributed by atoms with van der Waals surface area (Å²) in [5.41, 5.74) is 0. The van der Waals surface area contributed by atoms with Gasteiger partial charge in [-0.15, -0.1) is 6.58 Å². The zero-order valence-corrected chi connectivity index (χ0v) is 6.97. The van der Waals surface area contributed by atoms with Gasteiger partial charge in [0.2, 0.25) is 0 Å². The molecule has 0 aliphatic heterocycles. The zero-order chi connectivity index (χ0) is 9.40. The number of aliphatic hydroxyl groups is 1. The van der Waals surface area contributed by atoms with Gasteiger partial charge in [0.1, 0.15) is 6.10 Å². The van der Waals surface area contributed by atoms with Crippen LogP contribution in [0.15, 0.2) is 12.7 Å². The Balaban J connectivity index is 3.13. The summed E-state index contributed by atoms with van der Waals surface area (Å²) in [5.74, 6) is 0. The van der Waals surface area contributed by atoms with Crippen LogP contribution in [0.2, 0.25) is 0 Å². The lowest BCUT2D eigenvalue weighted by molar-refractivity contribution is -0.00314. The summed E-state index contributed by atoms with van der Waals surface area (Å²) in [6.45, 7) is 4.11. The lowest BCUT2D eigenvalue weighted by Crippen LogP contribution is -2.32. The molecule has 4 heteroatoms. The normalized spacial score (nSPS) is 13.3. The van der Waals surface area contributed by atoms with Gasteiger partial charge < -0.3 is 10.4 Å². The van der Waals surface area contributed by atoms with Crippen molar-refractivity contribution in [2.75, 3.05) is 13.1 Å². The Hall–Kier alpha value is -0.480. The molecule has 0 rings (SSSR count). The fourth-order valence-corrected chi connectivity index (χ4v) is 0.710. The SMILES string of the molecule is C=CCCCNCC(O)C(F)F. The highest BCUT2D eigenvalue weighted by atomic mass is 19.3. The third-order valence-electron chi connectivity index (χ3n) is 1.41. The van der Waals surface area contributed by atoms with Crippen LogP contribution in [0, 0.1) is 0 Å². The minimum atomic E-state index is -2.66. The first-order valence-electron chi connectivity index (χ1n) is 3.96. The van der Waals surface area contributed by atoms with Crippen molar-refractivity contribution >= 4 is 0 Å². The van der Waals surface area contributed by atoms with E-state index in [0.29, 0.717) is 6.54 Å². The second kappa shape index (κ2) is 7.18. The van der Waals surface area contributed by atoms with Gasteiger partial charge in [-0.1, -0.05) is 6.08 Å². The van der Waals surface area contributed by atoms with E-state index in [4.69, 9.17) is 5.11 Å². The van der Waals surface area contributed by atoms with Crippen LogP contribution in [0.1, 0.15) is 12.8 Å². The molecule has 2 nitrogen and oxygen atoms in total. The molecule has 0 aliphatic rings. The van der Waals surface area contributed by atoms with Gasteiger partial charge >= 0.3 is 0 Å². The Morgan fingerprint density at radius 3 is 2.67 bits per heavy atom. The molecule has 0 aliphatic carbocycles. The van der Waals surface area contributed by atoms with Crippen molar-refractivity contribution in [2.24, 2.45) is 0 Å². The van der Waals surface area contributed by atoms with Crippen molar-refractivity contribution < 1.29 is 13.9 Å². The molecule has 0 fully saturated rings. The predicted octanol–water partition coefficient (Wildman–Crippen LogP) is 1.17. The van der Waals surface area contributed by atoms with E-state index in [1.54, 1.807) is 6.08 Å². The minimum absolute atomic E-state index is 0.0468. The first kappa shape index (κ1) is 11.5. The molecule has 1 atom stereocenters. The number of unbranched alkanes of at least 4 members (excludes halogenated alkanes) is 1.